The van der Waals surface area contributed by atoms with Gasteiger partial charge in [0.05, 0.1) is 23.6 Å². The number of amides is 1. The summed E-state index contributed by atoms with van der Waals surface area (Å²) in [6, 6.07) is 2.09. The number of aliphatic hydroxyl groups excluding tert-OH is 1. The molecule has 1 fully saturated rings. The molecule has 3 N–H and O–H groups in total. The number of carbonyl (C=O) groups is 1. The van der Waals surface area contributed by atoms with E-state index in [1.807, 2.05) is 16.3 Å². The van der Waals surface area contributed by atoms with Crippen molar-refractivity contribution >= 4 is 17.2 Å². The first-order chi connectivity index (χ1) is 9.76. The summed E-state index contributed by atoms with van der Waals surface area (Å²) in [6.07, 6.45) is 4.40. The number of rotatable bonds is 4. The second-order valence-corrected chi connectivity index (χ2v) is 5.78. The zero-order valence-corrected chi connectivity index (χ0v) is 12.3. The monoisotopic (exact) mass is 292 g/mol. The van der Waals surface area contributed by atoms with Crippen LogP contribution in [0.4, 0.5) is 0 Å². The second kappa shape index (κ2) is 7.44. The van der Waals surface area contributed by atoms with Gasteiger partial charge >= 0.3 is 0 Å². The second-order valence-electron chi connectivity index (χ2n) is 4.87. The van der Waals surface area contributed by atoms with E-state index in [1.54, 1.807) is 0 Å². The summed E-state index contributed by atoms with van der Waals surface area (Å²) in [5, 5.41) is 11.0. The molecule has 1 aliphatic carbocycles. The fourth-order valence-corrected chi connectivity index (χ4v) is 3.34. The number of aliphatic hydroxyl groups is 1. The van der Waals surface area contributed by atoms with Gasteiger partial charge in [0.15, 0.2) is 0 Å². The third kappa shape index (κ3) is 3.60. The predicted octanol–water partition coefficient (Wildman–Crippen LogP) is 1.44. The minimum atomic E-state index is 0.00278. The third-order valence-electron chi connectivity index (χ3n) is 3.53. The van der Waals surface area contributed by atoms with Crippen molar-refractivity contribution in [1.29, 1.82) is 0 Å². The van der Waals surface area contributed by atoms with Crippen LogP contribution in [0.3, 0.4) is 0 Å². The molecule has 1 saturated carbocycles. The van der Waals surface area contributed by atoms with Gasteiger partial charge in [-0.3, -0.25) is 4.79 Å². The van der Waals surface area contributed by atoms with Gasteiger partial charge in [-0.25, -0.2) is 0 Å². The summed E-state index contributed by atoms with van der Waals surface area (Å²) in [7, 11) is 0. The first kappa shape index (κ1) is 15.0. The highest BCUT2D eigenvalue weighted by Crippen LogP contribution is 2.25. The van der Waals surface area contributed by atoms with Gasteiger partial charge in [-0.05, 0) is 18.9 Å². The number of hydrogen-bond donors (Lipinski definition) is 2. The molecule has 0 atom stereocenters. The molecule has 1 aromatic heterocycles. The lowest BCUT2D eigenvalue weighted by molar-refractivity contribution is 0.0638. The molecule has 1 aliphatic rings. The molecule has 1 heterocycles. The number of nitrogens with two attached hydrogens (primary N) is 1. The average molecular weight is 292 g/mol. The quantitative estimate of drug-likeness (QED) is 0.825. The van der Waals surface area contributed by atoms with Crippen molar-refractivity contribution in [3.8, 4) is 11.8 Å². The van der Waals surface area contributed by atoms with Crippen LogP contribution in [0.15, 0.2) is 11.4 Å². The lowest BCUT2D eigenvalue weighted by Crippen LogP contribution is -2.40. The molecule has 0 spiro atoms. The van der Waals surface area contributed by atoms with Crippen molar-refractivity contribution < 1.29 is 9.90 Å². The molecule has 1 amide bonds. The SMILES string of the molecule is NCC#Cc1cc(C(=O)N(CCO)C2CCCC2)cs1. The Bertz CT molecular complexity index is 509. The molecular formula is C15H20N2O2S. The molecule has 0 aromatic carbocycles. The molecule has 0 aliphatic heterocycles. The maximum Gasteiger partial charge on any atom is 0.255 e. The largest absolute Gasteiger partial charge is 0.395 e. The van der Waals surface area contributed by atoms with E-state index in [9.17, 15) is 9.90 Å². The topological polar surface area (TPSA) is 66.6 Å². The average Bonchev–Trinajstić information content (AvgIpc) is 3.12. The van der Waals surface area contributed by atoms with E-state index in [-0.39, 0.29) is 18.6 Å². The van der Waals surface area contributed by atoms with Crippen LogP contribution in [0.5, 0.6) is 0 Å². The van der Waals surface area contributed by atoms with Gasteiger partial charge in [0.25, 0.3) is 5.91 Å². The molecule has 0 radical (unpaired) electrons. The lowest BCUT2D eigenvalue weighted by Gasteiger charge is -2.28. The van der Waals surface area contributed by atoms with E-state index in [1.165, 1.54) is 11.3 Å². The summed E-state index contributed by atoms with van der Waals surface area (Å²) in [4.78, 5) is 15.2. The van der Waals surface area contributed by atoms with E-state index >= 15 is 0 Å². The van der Waals surface area contributed by atoms with Crippen molar-refractivity contribution in [2.45, 2.75) is 31.7 Å². The Morgan fingerprint density at radius 3 is 2.90 bits per heavy atom. The maximum atomic E-state index is 12.6. The molecule has 4 nitrogen and oxygen atoms in total. The highest BCUT2D eigenvalue weighted by molar-refractivity contribution is 7.10. The number of hydrogen-bond acceptors (Lipinski definition) is 4. The standard InChI is InChI=1S/C15H20N2O2S/c16-7-3-6-14-10-12(11-20-14)15(19)17(8-9-18)13-4-1-2-5-13/h10-11,13,18H,1-2,4-5,7-9,16H2. The van der Waals surface area contributed by atoms with Gasteiger partial charge in [0.1, 0.15) is 0 Å². The summed E-state index contributed by atoms with van der Waals surface area (Å²) in [5.74, 6) is 5.74. The van der Waals surface area contributed by atoms with E-state index in [4.69, 9.17) is 5.73 Å². The first-order valence-electron chi connectivity index (χ1n) is 6.95. The summed E-state index contributed by atoms with van der Waals surface area (Å²) < 4.78 is 0. The molecule has 20 heavy (non-hydrogen) atoms. The van der Waals surface area contributed by atoms with Crippen molar-refractivity contribution in [3.05, 3.63) is 21.9 Å². The van der Waals surface area contributed by atoms with E-state index < -0.39 is 0 Å². The Balaban J connectivity index is 2.12. The third-order valence-corrected chi connectivity index (χ3v) is 4.37. The Kier molecular flexibility index (Phi) is 5.60. The smallest absolute Gasteiger partial charge is 0.255 e. The fraction of sp³-hybridized carbons (Fsp3) is 0.533. The van der Waals surface area contributed by atoms with Crippen LogP contribution in [0.2, 0.25) is 0 Å². The predicted molar refractivity (Wildman–Crippen MR) is 80.6 cm³/mol. The van der Waals surface area contributed by atoms with Crippen LogP contribution in [-0.2, 0) is 0 Å². The zero-order valence-electron chi connectivity index (χ0n) is 11.5. The van der Waals surface area contributed by atoms with Crippen molar-refractivity contribution in [1.82, 2.24) is 4.90 Å². The Morgan fingerprint density at radius 1 is 1.50 bits per heavy atom. The number of thiophene rings is 1. The number of nitrogens with zero attached hydrogens (tertiary/aromatic N) is 1. The summed E-state index contributed by atoms with van der Waals surface area (Å²) in [5.41, 5.74) is 6.01. The van der Waals surface area contributed by atoms with E-state index in [2.05, 4.69) is 11.8 Å². The van der Waals surface area contributed by atoms with Crippen LogP contribution >= 0.6 is 11.3 Å². The molecule has 0 unspecified atom stereocenters. The van der Waals surface area contributed by atoms with Crippen molar-refractivity contribution in [3.63, 3.8) is 0 Å². The Labute approximate surface area is 123 Å². The van der Waals surface area contributed by atoms with Crippen LogP contribution in [0.1, 0.15) is 40.9 Å². The lowest BCUT2D eigenvalue weighted by atomic mass is 10.1. The molecule has 1 aromatic rings. The van der Waals surface area contributed by atoms with Gasteiger partial charge in [-0.2, -0.15) is 0 Å². The van der Waals surface area contributed by atoms with Crippen LogP contribution in [0.25, 0.3) is 0 Å². The van der Waals surface area contributed by atoms with Crippen LogP contribution in [0, 0.1) is 11.8 Å². The maximum absolute atomic E-state index is 12.6. The summed E-state index contributed by atoms with van der Waals surface area (Å²) >= 11 is 1.46. The minimum Gasteiger partial charge on any atom is -0.395 e. The Morgan fingerprint density at radius 2 is 2.25 bits per heavy atom. The number of carbonyl (C=O) groups excluding carboxylic acids is 1. The molecular weight excluding hydrogens is 272 g/mol. The normalized spacial score (nSPS) is 14.9. The highest BCUT2D eigenvalue weighted by Gasteiger charge is 2.27. The highest BCUT2D eigenvalue weighted by atomic mass is 32.1. The summed E-state index contributed by atoms with van der Waals surface area (Å²) in [6.45, 7) is 0.731. The first-order valence-corrected chi connectivity index (χ1v) is 7.83. The Hall–Kier alpha value is -1.35. The van der Waals surface area contributed by atoms with Gasteiger partial charge in [0.2, 0.25) is 0 Å². The molecule has 0 bridgehead atoms. The van der Waals surface area contributed by atoms with Gasteiger partial charge < -0.3 is 15.7 Å². The van der Waals surface area contributed by atoms with E-state index in [0.717, 1.165) is 30.6 Å². The minimum absolute atomic E-state index is 0.00278. The van der Waals surface area contributed by atoms with Crippen LogP contribution < -0.4 is 5.73 Å². The van der Waals surface area contributed by atoms with Crippen molar-refractivity contribution in [2.24, 2.45) is 5.73 Å². The van der Waals surface area contributed by atoms with Crippen molar-refractivity contribution in [2.75, 3.05) is 19.7 Å². The van der Waals surface area contributed by atoms with Gasteiger partial charge in [-0.15, -0.1) is 11.3 Å². The zero-order chi connectivity index (χ0) is 14.4. The molecule has 5 heteroatoms. The van der Waals surface area contributed by atoms with Crippen LogP contribution in [-0.4, -0.2) is 41.7 Å². The van der Waals surface area contributed by atoms with Gasteiger partial charge in [0, 0.05) is 18.0 Å². The molecule has 0 saturated heterocycles. The fourth-order valence-electron chi connectivity index (χ4n) is 2.59. The van der Waals surface area contributed by atoms with Gasteiger partial charge in [-0.1, -0.05) is 24.7 Å². The molecule has 2 rings (SSSR count). The van der Waals surface area contributed by atoms with E-state index in [0.29, 0.717) is 18.7 Å². The molecule has 108 valence electrons.